The third-order valence-electron chi connectivity index (χ3n) is 9.16. The van der Waals surface area contributed by atoms with Crippen molar-refractivity contribution in [1.29, 1.82) is 0 Å². The molecule has 0 unspecified atom stereocenters. The van der Waals surface area contributed by atoms with Gasteiger partial charge >= 0.3 is 6.18 Å². The molecule has 10 heteroatoms. The van der Waals surface area contributed by atoms with Crippen LogP contribution in [-0.4, -0.2) is 48.6 Å². The lowest BCUT2D eigenvalue weighted by Crippen LogP contribution is -2.46. The van der Waals surface area contributed by atoms with Crippen molar-refractivity contribution in [3.8, 4) is 5.75 Å². The Hall–Kier alpha value is -2.88. The van der Waals surface area contributed by atoms with Crippen LogP contribution >= 0.6 is 0 Å². The highest BCUT2D eigenvalue weighted by Crippen LogP contribution is 2.39. The van der Waals surface area contributed by atoms with E-state index in [9.17, 15) is 13.2 Å². The van der Waals surface area contributed by atoms with Crippen LogP contribution in [-0.2, 0) is 19.8 Å². The molecule has 0 amide bonds. The van der Waals surface area contributed by atoms with E-state index in [0.717, 1.165) is 49.7 Å². The number of likely N-dealkylation sites (tertiary alicyclic amines) is 1. The number of alkyl halides is 3. The summed E-state index contributed by atoms with van der Waals surface area (Å²) in [5.74, 6) is 2.62. The molecule has 3 fully saturated rings. The molecule has 1 aromatic carbocycles. The number of aromatic nitrogens is 5. The third kappa shape index (κ3) is 5.71. The molecule has 7 nitrogen and oxygen atoms in total. The lowest BCUT2D eigenvalue weighted by atomic mass is 9.81. The number of halogens is 3. The van der Waals surface area contributed by atoms with Gasteiger partial charge in [-0.05, 0) is 101 Å². The van der Waals surface area contributed by atoms with Crippen molar-refractivity contribution in [3.05, 3.63) is 59.4 Å². The molecule has 1 aliphatic heterocycles. The Bertz CT molecular complexity index is 1250. The Morgan fingerprint density at radius 1 is 0.923 bits per heavy atom. The van der Waals surface area contributed by atoms with Crippen LogP contribution in [0.2, 0.25) is 0 Å². The van der Waals surface area contributed by atoms with E-state index in [4.69, 9.17) is 9.84 Å². The lowest BCUT2D eigenvalue weighted by Gasteiger charge is -2.41. The van der Waals surface area contributed by atoms with E-state index < -0.39 is 11.7 Å². The van der Waals surface area contributed by atoms with Crippen LogP contribution in [0.25, 0.3) is 0 Å². The first-order chi connectivity index (χ1) is 18.8. The predicted molar refractivity (Wildman–Crippen MR) is 140 cm³/mol. The van der Waals surface area contributed by atoms with Gasteiger partial charge in [0.1, 0.15) is 18.2 Å². The summed E-state index contributed by atoms with van der Waals surface area (Å²) >= 11 is 0. The van der Waals surface area contributed by atoms with Gasteiger partial charge in [0.05, 0.1) is 17.8 Å². The number of nitrogens with zero attached hydrogens (tertiary/aromatic N) is 6. The molecule has 0 radical (unpaired) electrons. The fourth-order valence-electron chi connectivity index (χ4n) is 6.61. The van der Waals surface area contributed by atoms with E-state index in [1.165, 1.54) is 62.9 Å². The summed E-state index contributed by atoms with van der Waals surface area (Å²) in [5, 5.41) is 13.5. The Morgan fingerprint density at radius 3 is 2.33 bits per heavy atom. The summed E-state index contributed by atoms with van der Waals surface area (Å²) in [6, 6.07) is 6.12. The summed E-state index contributed by atoms with van der Waals surface area (Å²) in [6.07, 6.45) is 10.6. The standard InChI is InChI=1S/C29H37F3N6O/c1-36-27(19-39-26-5-2-4-23(16-26)29(30,31)32)34-35-28(36)21-8-12-25(13-9-21)38-18-22(17-33-38)20-6-10-24(11-7-20)37-14-3-15-37/h2,4-5,16-18,20-21,24-25H,3,6-15,19H2,1H3/t20-,21-,24-,25-. The van der Waals surface area contributed by atoms with Crippen LogP contribution < -0.4 is 4.74 Å². The molecule has 1 saturated heterocycles. The molecule has 210 valence electrons. The third-order valence-corrected chi connectivity index (χ3v) is 9.16. The van der Waals surface area contributed by atoms with Gasteiger partial charge in [0, 0.05) is 25.2 Å². The molecule has 3 aromatic rings. The van der Waals surface area contributed by atoms with Gasteiger partial charge in [-0.1, -0.05) is 6.07 Å². The Balaban J connectivity index is 1.01. The van der Waals surface area contributed by atoms with Crippen molar-refractivity contribution in [2.24, 2.45) is 7.05 Å². The van der Waals surface area contributed by atoms with Crippen LogP contribution in [0.3, 0.4) is 0 Å². The van der Waals surface area contributed by atoms with Crippen molar-refractivity contribution in [1.82, 2.24) is 29.4 Å². The van der Waals surface area contributed by atoms with Crippen LogP contribution in [0, 0.1) is 0 Å². The smallest absolute Gasteiger partial charge is 0.416 e. The molecular formula is C29H37F3N6O. The minimum Gasteiger partial charge on any atom is -0.486 e. The van der Waals surface area contributed by atoms with E-state index in [0.29, 0.717) is 23.7 Å². The monoisotopic (exact) mass is 542 g/mol. The minimum absolute atomic E-state index is 0.0656. The second-order valence-corrected chi connectivity index (χ2v) is 11.5. The zero-order valence-corrected chi connectivity index (χ0v) is 22.5. The van der Waals surface area contributed by atoms with Crippen LogP contribution in [0.1, 0.15) is 98.4 Å². The number of hydrogen-bond donors (Lipinski definition) is 0. The molecular weight excluding hydrogens is 505 g/mol. The highest BCUT2D eigenvalue weighted by atomic mass is 19.4. The van der Waals surface area contributed by atoms with Crippen LogP contribution in [0.15, 0.2) is 36.7 Å². The fraction of sp³-hybridized carbons (Fsp3) is 0.621. The highest BCUT2D eigenvalue weighted by Gasteiger charge is 2.32. The van der Waals surface area contributed by atoms with Gasteiger partial charge in [-0.2, -0.15) is 18.3 Å². The van der Waals surface area contributed by atoms with Crippen LogP contribution in [0.5, 0.6) is 5.75 Å². The molecule has 2 saturated carbocycles. The SMILES string of the molecule is Cn1c(COc2cccc(C(F)(F)F)c2)nnc1[C@H]1CC[C@H](n2cc([C@H]3CC[C@H](N4CCC4)CC3)cn2)CC1. The number of benzene rings is 1. The summed E-state index contributed by atoms with van der Waals surface area (Å²) in [4.78, 5) is 2.65. The Labute approximate surface area is 227 Å². The van der Waals surface area contributed by atoms with E-state index >= 15 is 0 Å². The summed E-state index contributed by atoms with van der Waals surface area (Å²) in [6.45, 7) is 2.65. The largest absolute Gasteiger partial charge is 0.486 e. The van der Waals surface area contributed by atoms with Gasteiger partial charge < -0.3 is 14.2 Å². The lowest BCUT2D eigenvalue weighted by molar-refractivity contribution is -0.137. The second-order valence-electron chi connectivity index (χ2n) is 11.5. The minimum atomic E-state index is -4.40. The number of ether oxygens (including phenoxy) is 1. The normalized spacial score (nSPS) is 26.4. The average molecular weight is 543 g/mol. The second kappa shape index (κ2) is 10.9. The topological polar surface area (TPSA) is 61.0 Å². The van der Waals surface area contributed by atoms with Crippen molar-refractivity contribution in [3.63, 3.8) is 0 Å². The molecule has 6 rings (SSSR count). The van der Waals surface area contributed by atoms with Gasteiger partial charge in [0.2, 0.25) is 0 Å². The van der Waals surface area contributed by atoms with Gasteiger partial charge in [-0.15, -0.1) is 10.2 Å². The van der Waals surface area contributed by atoms with Crippen LogP contribution in [0.4, 0.5) is 13.2 Å². The van der Waals surface area contributed by atoms with Crippen molar-refractivity contribution in [2.75, 3.05) is 13.1 Å². The Kier molecular flexibility index (Phi) is 7.39. The number of rotatable bonds is 7. The van der Waals surface area contributed by atoms with Gasteiger partial charge in [0.15, 0.2) is 5.82 Å². The predicted octanol–water partition coefficient (Wildman–Crippen LogP) is 6.24. The molecule has 3 aliphatic rings. The van der Waals surface area contributed by atoms with E-state index in [-0.39, 0.29) is 12.4 Å². The van der Waals surface area contributed by atoms with Crippen molar-refractivity contribution < 1.29 is 17.9 Å². The molecule has 0 spiro atoms. The summed E-state index contributed by atoms with van der Waals surface area (Å²) in [7, 11) is 1.91. The van der Waals surface area contributed by atoms with Gasteiger partial charge in [0.25, 0.3) is 0 Å². The van der Waals surface area contributed by atoms with Gasteiger partial charge in [-0.3, -0.25) is 4.68 Å². The molecule has 2 aromatic heterocycles. The van der Waals surface area contributed by atoms with Gasteiger partial charge in [-0.25, -0.2) is 0 Å². The van der Waals surface area contributed by atoms with E-state index in [2.05, 4.69) is 32.2 Å². The fourth-order valence-corrected chi connectivity index (χ4v) is 6.61. The highest BCUT2D eigenvalue weighted by molar-refractivity contribution is 5.30. The molecule has 0 N–H and O–H groups in total. The number of hydrogen-bond acceptors (Lipinski definition) is 5. The average Bonchev–Trinajstić information content (AvgIpc) is 3.54. The van der Waals surface area contributed by atoms with Crippen molar-refractivity contribution >= 4 is 0 Å². The van der Waals surface area contributed by atoms with E-state index in [1.807, 2.05) is 11.6 Å². The summed E-state index contributed by atoms with van der Waals surface area (Å²) < 4.78 is 48.7. The zero-order chi connectivity index (χ0) is 27.0. The maximum absolute atomic E-state index is 13.0. The molecule has 3 heterocycles. The zero-order valence-electron chi connectivity index (χ0n) is 22.5. The maximum Gasteiger partial charge on any atom is 0.416 e. The maximum atomic E-state index is 13.0. The molecule has 39 heavy (non-hydrogen) atoms. The first kappa shape index (κ1) is 26.3. The summed E-state index contributed by atoms with van der Waals surface area (Å²) in [5.41, 5.74) is 0.673. The van der Waals surface area contributed by atoms with E-state index in [1.54, 1.807) is 0 Å². The first-order valence-corrected chi connectivity index (χ1v) is 14.3. The quantitative estimate of drug-likeness (QED) is 0.354. The molecule has 0 bridgehead atoms. The molecule has 0 atom stereocenters. The van der Waals surface area contributed by atoms with Crippen molar-refractivity contribution in [2.45, 2.75) is 94.5 Å². The Morgan fingerprint density at radius 2 is 1.64 bits per heavy atom. The first-order valence-electron chi connectivity index (χ1n) is 14.3. The molecule has 2 aliphatic carbocycles.